The fraction of sp³-hybridized carbons (Fsp3) is 0.0667. The van der Waals surface area contributed by atoms with Gasteiger partial charge in [-0.05, 0) is 52.2 Å². The number of tetrazole rings is 1. The van der Waals surface area contributed by atoms with Crippen LogP contribution in [0.1, 0.15) is 5.69 Å². The Morgan fingerprint density at radius 1 is 1.08 bits per heavy atom. The summed E-state index contributed by atoms with van der Waals surface area (Å²) in [6, 6.07) is 9.80. The molecule has 0 amide bonds. The normalized spacial score (nSPS) is 11.0. The largest absolute Gasteiger partial charge is 0.369 e. The molecule has 0 saturated carbocycles. The zero-order valence-corrected chi connectivity index (χ0v) is 13.8. The highest BCUT2D eigenvalue weighted by Gasteiger charge is 2.12. The first-order chi connectivity index (χ1) is 11.7. The van der Waals surface area contributed by atoms with Crippen LogP contribution in [0.3, 0.4) is 0 Å². The molecule has 4 rings (SSSR count). The first kappa shape index (κ1) is 14.9. The van der Waals surface area contributed by atoms with Crippen molar-refractivity contribution in [2.24, 2.45) is 0 Å². The summed E-state index contributed by atoms with van der Waals surface area (Å²) < 4.78 is 15.5. The molecule has 0 atom stereocenters. The number of hydrogen-bond donors (Lipinski definition) is 0. The van der Waals surface area contributed by atoms with Crippen LogP contribution in [0.15, 0.2) is 52.0 Å². The van der Waals surface area contributed by atoms with Gasteiger partial charge in [0, 0.05) is 10.9 Å². The molecule has 0 bridgehead atoms. The molecular weight excluding hydrogens is 349 g/mol. The molecule has 0 N–H and O–H groups in total. The molecule has 3 aromatic heterocycles. The van der Waals surface area contributed by atoms with Crippen LogP contribution in [-0.4, -0.2) is 24.8 Å². The van der Waals surface area contributed by atoms with Gasteiger partial charge in [-0.1, -0.05) is 0 Å². The van der Waals surface area contributed by atoms with E-state index >= 15 is 0 Å². The average molecular weight is 359 g/mol. The summed E-state index contributed by atoms with van der Waals surface area (Å²) in [5, 5.41) is 13.0. The minimum absolute atomic E-state index is 0.238. The second-order valence-electron chi connectivity index (χ2n) is 4.93. The van der Waals surface area contributed by atoms with Crippen LogP contribution in [0.4, 0.5) is 4.39 Å². The number of halogens is 1. The monoisotopic (exact) mass is 359 g/mol. The summed E-state index contributed by atoms with van der Waals surface area (Å²) in [6.07, 6.45) is 0. The van der Waals surface area contributed by atoms with Crippen molar-refractivity contribution in [1.82, 2.24) is 24.8 Å². The van der Waals surface area contributed by atoms with Crippen molar-refractivity contribution in [3.8, 4) is 15.6 Å². The Morgan fingerprint density at radius 2 is 1.92 bits per heavy atom. The lowest BCUT2D eigenvalue weighted by Gasteiger charge is -1.96. The molecule has 0 spiro atoms. The Morgan fingerprint density at radius 3 is 2.67 bits per heavy atom. The van der Waals surface area contributed by atoms with E-state index in [9.17, 15) is 9.18 Å². The van der Waals surface area contributed by atoms with E-state index < -0.39 is 0 Å². The van der Waals surface area contributed by atoms with Crippen LogP contribution in [-0.2, 0) is 6.54 Å². The van der Waals surface area contributed by atoms with Gasteiger partial charge in [-0.2, -0.15) is 9.36 Å². The maximum Gasteiger partial charge on any atom is 0.369 e. The fourth-order valence-electron chi connectivity index (χ4n) is 2.16. The molecule has 0 radical (unpaired) electrons. The lowest BCUT2D eigenvalue weighted by Crippen LogP contribution is -2.24. The minimum atomic E-state index is -0.311. The van der Waals surface area contributed by atoms with Crippen LogP contribution >= 0.6 is 22.7 Å². The SMILES string of the molecule is O=c1n(Cc2csc(-c3ccc(F)cc3)n2)nnn1-c1cccs1. The van der Waals surface area contributed by atoms with Crippen molar-refractivity contribution in [3.05, 3.63) is 69.2 Å². The molecule has 0 saturated heterocycles. The molecule has 120 valence electrons. The van der Waals surface area contributed by atoms with Crippen LogP contribution < -0.4 is 5.69 Å². The Kier molecular flexibility index (Phi) is 3.79. The predicted octanol–water partition coefficient (Wildman–Crippen LogP) is 2.80. The summed E-state index contributed by atoms with van der Waals surface area (Å²) in [5.41, 5.74) is 1.23. The van der Waals surface area contributed by atoms with E-state index in [0.717, 1.165) is 15.6 Å². The summed E-state index contributed by atoms with van der Waals surface area (Å²) in [4.78, 5) is 16.8. The van der Waals surface area contributed by atoms with Crippen molar-refractivity contribution in [2.75, 3.05) is 0 Å². The lowest BCUT2D eigenvalue weighted by molar-refractivity contribution is 0.624. The molecule has 0 aliphatic carbocycles. The van der Waals surface area contributed by atoms with Crippen molar-refractivity contribution in [2.45, 2.75) is 6.54 Å². The van der Waals surface area contributed by atoms with E-state index in [0.29, 0.717) is 5.69 Å². The third-order valence-electron chi connectivity index (χ3n) is 3.31. The first-order valence-electron chi connectivity index (χ1n) is 6.98. The van der Waals surface area contributed by atoms with E-state index in [-0.39, 0.29) is 18.1 Å². The van der Waals surface area contributed by atoms with Crippen molar-refractivity contribution in [1.29, 1.82) is 0 Å². The van der Waals surface area contributed by atoms with Gasteiger partial charge < -0.3 is 0 Å². The van der Waals surface area contributed by atoms with Crippen molar-refractivity contribution in [3.63, 3.8) is 0 Å². The zero-order valence-electron chi connectivity index (χ0n) is 12.2. The summed E-state index contributed by atoms with van der Waals surface area (Å²) in [6.45, 7) is 0.238. The molecule has 0 aliphatic heterocycles. The minimum Gasteiger partial charge on any atom is -0.244 e. The van der Waals surface area contributed by atoms with Crippen molar-refractivity contribution >= 4 is 22.7 Å². The topological polar surface area (TPSA) is 65.6 Å². The molecule has 3 heterocycles. The average Bonchev–Trinajstić information content (AvgIpc) is 3.31. The van der Waals surface area contributed by atoms with E-state index in [1.807, 2.05) is 16.8 Å². The summed E-state index contributed by atoms with van der Waals surface area (Å²) in [7, 11) is 0. The fourth-order valence-corrected chi connectivity index (χ4v) is 3.65. The maximum absolute atomic E-state index is 13.0. The Labute approximate surface area is 143 Å². The molecule has 6 nitrogen and oxygen atoms in total. The van der Waals surface area contributed by atoms with Crippen molar-refractivity contribution < 1.29 is 4.39 Å². The molecule has 1 aromatic carbocycles. The highest BCUT2D eigenvalue weighted by atomic mass is 32.1. The van der Waals surface area contributed by atoms with Gasteiger partial charge in [-0.15, -0.1) is 22.7 Å². The van der Waals surface area contributed by atoms with Crippen LogP contribution in [0.25, 0.3) is 15.6 Å². The zero-order chi connectivity index (χ0) is 16.5. The highest BCUT2D eigenvalue weighted by Crippen LogP contribution is 2.24. The Hall–Kier alpha value is -2.65. The summed E-state index contributed by atoms with van der Waals surface area (Å²) in [5.74, 6) is -0.285. The number of thiazole rings is 1. The molecule has 9 heteroatoms. The molecule has 0 unspecified atom stereocenters. The Balaban J connectivity index is 1.59. The van der Waals surface area contributed by atoms with E-state index in [2.05, 4.69) is 15.4 Å². The second kappa shape index (κ2) is 6.10. The third-order valence-corrected chi connectivity index (χ3v) is 5.09. The number of benzene rings is 1. The van der Waals surface area contributed by atoms with Crippen LogP contribution in [0.2, 0.25) is 0 Å². The van der Waals surface area contributed by atoms with E-state index in [4.69, 9.17) is 0 Å². The first-order valence-corrected chi connectivity index (χ1v) is 8.74. The number of nitrogens with zero attached hydrogens (tertiary/aromatic N) is 5. The van der Waals surface area contributed by atoms with Gasteiger partial charge in [0.1, 0.15) is 15.8 Å². The van der Waals surface area contributed by atoms with Gasteiger partial charge in [-0.3, -0.25) is 0 Å². The molecule has 24 heavy (non-hydrogen) atoms. The van der Waals surface area contributed by atoms with Gasteiger partial charge in [0.25, 0.3) is 0 Å². The van der Waals surface area contributed by atoms with Crippen LogP contribution in [0.5, 0.6) is 0 Å². The van der Waals surface area contributed by atoms with E-state index in [1.54, 1.807) is 18.2 Å². The van der Waals surface area contributed by atoms with Gasteiger partial charge in [0.2, 0.25) is 0 Å². The van der Waals surface area contributed by atoms with Gasteiger partial charge in [-0.25, -0.2) is 14.2 Å². The highest BCUT2D eigenvalue weighted by molar-refractivity contribution is 7.13. The molecule has 0 fully saturated rings. The smallest absolute Gasteiger partial charge is 0.244 e. The quantitative estimate of drug-likeness (QED) is 0.562. The number of thiophene rings is 1. The van der Waals surface area contributed by atoms with E-state index in [1.165, 1.54) is 44.2 Å². The molecular formula is C15H10FN5OS2. The lowest BCUT2D eigenvalue weighted by atomic mass is 10.2. The van der Waals surface area contributed by atoms with Gasteiger partial charge in [0.05, 0.1) is 12.2 Å². The standard InChI is InChI=1S/C15H10FN5OS2/c16-11-5-3-10(4-6-11)14-17-12(9-24-14)8-20-15(22)21(19-18-20)13-2-1-7-23-13/h1-7,9H,8H2. The maximum atomic E-state index is 13.0. The second-order valence-corrected chi connectivity index (χ2v) is 6.72. The molecule has 4 aromatic rings. The summed E-state index contributed by atoms with van der Waals surface area (Å²) >= 11 is 2.85. The van der Waals surface area contributed by atoms with Gasteiger partial charge >= 0.3 is 5.69 Å². The predicted molar refractivity (Wildman–Crippen MR) is 90.1 cm³/mol. The number of rotatable bonds is 4. The van der Waals surface area contributed by atoms with Gasteiger partial charge in [0.15, 0.2) is 0 Å². The Bertz CT molecular complexity index is 1020. The number of hydrogen-bond acceptors (Lipinski definition) is 6. The molecule has 0 aliphatic rings. The van der Waals surface area contributed by atoms with Crippen LogP contribution in [0, 0.1) is 5.82 Å². The third kappa shape index (κ3) is 2.79. The number of aromatic nitrogens is 5.